The average Bonchev–Trinajstić information content (AvgIpc) is 3.52. The lowest BCUT2D eigenvalue weighted by atomic mass is 10.1. The van der Waals surface area contributed by atoms with Gasteiger partial charge in [0.2, 0.25) is 0 Å². The summed E-state index contributed by atoms with van der Waals surface area (Å²) in [6, 6.07) is 4.34. The van der Waals surface area contributed by atoms with E-state index in [1.807, 2.05) is 0 Å². The molecule has 184 valence electrons. The average molecular weight is 519 g/mol. The molecule has 3 heterocycles. The second-order valence-corrected chi connectivity index (χ2v) is 11.0. The van der Waals surface area contributed by atoms with E-state index in [2.05, 4.69) is 22.4 Å². The third-order valence-electron chi connectivity index (χ3n) is 5.26. The highest BCUT2D eigenvalue weighted by atomic mass is 32.2. The van der Waals surface area contributed by atoms with Gasteiger partial charge in [-0.05, 0) is 32.9 Å². The van der Waals surface area contributed by atoms with Crippen molar-refractivity contribution in [3.63, 3.8) is 0 Å². The molecule has 0 unspecified atom stereocenters. The van der Waals surface area contributed by atoms with Crippen molar-refractivity contribution in [2.45, 2.75) is 31.0 Å². The molecular formula is C22H22N4O7S2. The van der Waals surface area contributed by atoms with Crippen LogP contribution in [0.5, 0.6) is 5.75 Å². The zero-order valence-electron chi connectivity index (χ0n) is 19.2. The number of aryl methyl sites for hydroxylation is 2. The van der Waals surface area contributed by atoms with Gasteiger partial charge in [-0.25, -0.2) is 4.31 Å². The van der Waals surface area contributed by atoms with Crippen molar-refractivity contribution < 1.29 is 22.5 Å². The first-order valence-corrected chi connectivity index (χ1v) is 12.5. The van der Waals surface area contributed by atoms with Crippen molar-refractivity contribution in [3.8, 4) is 5.75 Å². The van der Waals surface area contributed by atoms with Gasteiger partial charge < -0.3 is 24.7 Å². The van der Waals surface area contributed by atoms with Gasteiger partial charge in [0.15, 0.2) is 15.8 Å². The Labute approximate surface area is 204 Å². The molecule has 0 saturated carbocycles. The number of aromatic nitrogens is 1. The van der Waals surface area contributed by atoms with E-state index >= 15 is 0 Å². The number of hydrogen-bond acceptors (Lipinski definition) is 11. The standard InChI is InChI=1S/C22H22N4O7S2/c1-10(2)16(14-7-6-11(3)32-14)24-18-17(20(28)21(18)29)23-13-9-34-22(19(13)27)35(30,31)26(5)15-8-12(4)33-25-15/h6-9,16,23-24,27H,1H2,2-5H3/t16-/m1/s1. The Bertz CT molecular complexity index is 1600. The SMILES string of the molecule is C=C(C)[C@@H](Nc1c(Nc2csc(S(=O)(=O)N(C)c3cc(C)on3)c2O)c(=O)c1=O)c1ccc(C)o1. The Hall–Kier alpha value is -3.84. The van der Waals surface area contributed by atoms with Crippen LogP contribution in [0, 0.1) is 13.8 Å². The minimum atomic E-state index is -4.18. The molecule has 0 spiro atoms. The van der Waals surface area contributed by atoms with E-state index in [1.165, 1.54) is 18.5 Å². The Morgan fingerprint density at radius 1 is 1.20 bits per heavy atom. The highest BCUT2D eigenvalue weighted by Gasteiger charge is 2.32. The lowest BCUT2D eigenvalue weighted by Gasteiger charge is -2.21. The molecule has 3 aromatic heterocycles. The van der Waals surface area contributed by atoms with Crippen molar-refractivity contribution in [2.75, 3.05) is 22.0 Å². The molecule has 1 atom stereocenters. The molecule has 0 amide bonds. The molecule has 1 aromatic carbocycles. The predicted molar refractivity (Wildman–Crippen MR) is 132 cm³/mol. The third kappa shape index (κ3) is 4.23. The number of hydrogen-bond donors (Lipinski definition) is 3. The maximum atomic E-state index is 13.0. The minimum Gasteiger partial charge on any atom is -0.504 e. The van der Waals surface area contributed by atoms with E-state index in [9.17, 15) is 23.1 Å². The van der Waals surface area contributed by atoms with Crippen molar-refractivity contribution in [1.29, 1.82) is 0 Å². The molecule has 0 aliphatic rings. The van der Waals surface area contributed by atoms with Gasteiger partial charge in [0.1, 0.15) is 34.7 Å². The van der Waals surface area contributed by atoms with Crippen LogP contribution >= 0.6 is 11.3 Å². The Kier molecular flexibility index (Phi) is 6.07. The molecule has 0 aliphatic heterocycles. The molecule has 3 N–H and O–H groups in total. The minimum absolute atomic E-state index is 0.0257. The summed E-state index contributed by atoms with van der Waals surface area (Å²) in [6.07, 6.45) is 0. The smallest absolute Gasteiger partial charge is 0.278 e. The number of sulfonamides is 1. The summed E-state index contributed by atoms with van der Waals surface area (Å²) in [6.45, 7) is 9.04. The van der Waals surface area contributed by atoms with Crippen molar-refractivity contribution >= 4 is 44.2 Å². The molecule has 0 saturated heterocycles. The van der Waals surface area contributed by atoms with Crippen LogP contribution in [0.25, 0.3) is 0 Å². The van der Waals surface area contributed by atoms with Crippen molar-refractivity contribution in [2.24, 2.45) is 0 Å². The fourth-order valence-corrected chi connectivity index (χ4v) is 5.85. The van der Waals surface area contributed by atoms with Crippen LogP contribution in [-0.2, 0) is 10.0 Å². The Morgan fingerprint density at radius 2 is 1.89 bits per heavy atom. The second kappa shape index (κ2) is 8.74. The highest BCUT2D eigenvalue weighted by Crippen LogP contribution is 2.41. The summed E-state index contributed by atoms with van der Waals surface area (Å²) in [7, 11) is -2.91. The molecule has 4 rings (SSSR count). The topological polar surface area (TPSA) is 155 Å². The molecule has 0 fully saturated rings. The molecule has 0 aliphatic carbocycles. The van der Waals surface area contributed by atoms with Crippen LogP contribution in [-0.4, -0.2) is 25.7 Å². The zero-order valence-corrected chi connectivity index (χ0v) is 20.8. The maximum absolute atomic E-state index is 13.0. The Balaban J connectivity index is 1.62. The number of nitrogens with one attached hydrogen (secondary N) is 2. The number of thiophene rings is 1. The highest BCUT2D eigenvalue weighted by molar-refractivity contribution is 7.94. The summed E-state index contributed by atoms with van der Waals surface area (Å²) < 4.78 is 37.1. The lowest BCUT2D eigenvalue weighted by molar-refractivity contribution is 0.399. The summed E-state index contributed by atoms with van der Waals surface area (Å²) in [5.74, 6) is 1.03. The first-order chi connectivity index (χ1) is 16.4. The van der Waals surface area contributed by atoms with E-state index < -0.39 is 32.7 Å². The van der Waals surface area contributed by atoms with Crippen LogP contribution < -0.4 is 25.8 Å². The van der Waals surface area contributed by atoms with E-state index in [0.29, 0.717) is 22.9 Å². The molecule has 35 heavy (non-hydrogen) atoms. The monoisotopic (exact) mass is 518 g/mol. The predicted octanol–water partition coefficient (Wildman–Crippen LogP) is 3.55. The number of aromatic hydroxyl groups is 1. The van der Waals surface area contributed by atoms with Crippen LogP contribution in [0.15, 0.2) is 58.5 Å². The van der Waals surface area contributed by atoms with Gasteiger partial charge in [-0.1, -0.05) is 17.3 Å². The van der Waals surface area contributed by atoms with Gasteiger partial charge in [-0.15, -0.1) is 11.3 Å². The van der Waals surface area contributed by atoms with E-state index in [1.54, 1.807) is 32.9 Å². The van der Waals surface area contributed by atoms with Gasteiger partial charge in [0, 0.05) is 18.5 Å². The van der Waals surface area contributed by atoms with Gasteiger partial charge >= 0.3 is 0 Å². The second-order valence-electron chi connectivity index (χ2n) is 7.96. The molecule has 0 radical (unpaired) electrons. The summed E-state index contributed by atoms with van der Waals surface area (Å²) >= 11 is 0.742. The van der Waals surface area contributed by atoms with E-state index in [-0.39, 0.29) is 27.1 Å². The molecule has 0 bridgehead atoms. The van der Waals surface area contributed by atoms with Crippen molar-refractivity contribution in [3.05, 3.63) is 73.5 Å². The van der Waals surface area contributed by atoms with Crippen LogP contribution in [0.4, 0.5) is 22.9 Å². The van der Waals surface area contributed by atoms with E-state index in [4.69, 9.17) is 8.94 Å². The van der Waals surface area contributed by atoms with Gasteiger partial charge in [-0.2, -0.15) is 8.42 Å². The molecular weight excluding hydrogens is 496 g/mol. The number of rotatable bonds is 9. The lowest BCUT2D eigenvalue weighted by Crippen LogP contribution is -2.37. The zero-order chi connectivity index (χ0) is 25.7. The van der Waals surface area contributed by atoms with E-state index in [0.717, 1.165) is 15.6 Å². The van der Waals surface area contributed by atoms with Gasteiger partial charge in [0.05, 0.1) is 5.69 Å². The number of nitrogens with zero attached hydrogens (tertiary/aromatic N) is 2. The summed E-state index contributed by atoms with van der Waals surface area (Å²) in [5, 5.41) is 21.3. The molecule has 4 aromatic rings. The fourth-order valence-electron chi connectivity index (χ4n) is 3.33. The van der Waals surface area contributed by atoms with Gasteiger partial charge in [0.25, 0.3) is 20.9 Å². The number of anilines is 4. The summed E-state index contributed by atoms with van der Waals surface area (Å²) in [4.78, 5) is 24.6. The first-order valence-electron chi connectivity index (χ1n) is 10.2. The van der Waals surface area contributed by atoms with Crippen LogP contribution in [0.2, 0.25) is 0 Å². The third-order valence-corrected chi connectivity index (χ3v) is 8.51. The van der Waals surface area contributed by atoms with Crippen LogP contribution in [0.3, 0.4) is 0 Å². The number of furan rings is 1. The largest absolute Gasteiger partial charge is 0.504 e. The first kappa shape index (κ1) is 24.3. The normalized spacial score (nSPS) is 12.6. The summed E-state index contributed by atoms with van der Waals surface area (Å²) in [5.41, 5.74) is -1.12. The van der Waals surface area contributed by atoms with Crippen LogP contribution in [0.1, 0.15) is 30.2 Å². The Morgan fingerprint density at radius 3 is 2.46 bits per heavy atom. The van der Waals surface area contributed by atoms with Crippen molar-refractivity contribution in [1.82, 2.24) is 5.16 Å². The molecule has 11 nitrogen and oxygen atoms in total. The van der Waals surface area contributed by atoms with Gasteiger partial charge in [-0.3, -0.25) is 9.59 Å². The fraction of sp³-hybridized carbons (Fsp3) is 0.227. The molecule has 13 heteroatoms. The quantitative estimate of drug-likeness (QED) is 0.221. The maximum Gasteiger partial charge on any atom is 0.278 e.